The number of ether oxygens (including phenoxy) is 1. The molecule has 3 aromatic carbocycles. The molecular formula is C25H22N2O2. The summed E-state index contributed by atoms with van der Waals surface area (Å²) in [5.74, 6) is 0.332. The first kappa shape index (κ1) is 18.7. The highest BCUT2D eigenvalue weighted by molar-refractivity contribution is 5.87. The van der Waals surface area contributed by atoms with Gasteiger partial charge < -0.3 is 10.1 Å². The van der Waals surface area contributed by atoms with Crippen LogP contribution >= 0.6 is 0 Å². The number of aromatic nitrogens is 1. The van der Waals surface area contributed by atoms with Gasteiger partial charge in [-0.05, 0) is 23.3 Å². The Morgan fingerprint density at radius 1 is 0.828 bits per heavy atom. The molecule has 0 aliphatic carbocycles. The molecule has 1 N–H and O–H groups in total. The molecule has 4 nitrogen and oxygen atoms in total. The van der Waals surface area contributed by atoms with Gasteiger partial charge in [0.1, 0.15) is 17.9 Å². The number of para-hydroxylation sites is 1. The van der Waals surface area contributed by atoms with Crippen molar-refractivity contribution in [2.45, 2.75) is 5.92 Å². The molecule has 0 aliphatic rings. The second kappa shape index (κ2) is 9.02. The minimum Gasteiger partial charge on any atom is -0.489 e. The smallest absolute Gasteiger partial charge is 0.232 e. The minimum atomic E-state index is -0.350. The maximum atomic E-state index is 13.0. The van der Waals surface area contributed by atoms with Crippen molar-refractivity contribution in [3.63, 3.8) is 0 Å². The van der Waals surface area contributed by atoms with Crippen LogP contribution in [0.25, 0.3) is 10.9 Å². The predicted octanol–water partition coefficient (Wildman–Crippen LogP) is 4.56. The number of rotatable bonds is 7. The molecule has 29 heavy (non-hydrogen) atoms. The van der Waals surface area contributed by atoms with E-state index in [-0.39, 0.29) is 11.8 Å². The Bertz CT molecular complexity index is 1040. The summed E-state index contributed by atoms with van der Waals surface area (Å²) in [6, 6.07) is 29.4. The zero-order valence-corrected chi connectivity index (χ0v) is 16.0. The molecule has 0 fully saturated rings. The van der Waals surface area contributed by atoms with Gasteiger partial charge in [0, 0.05) is 11.6 Å². The van der Waals surface area contributed by atoms with Gasteiger partial charge in [-0.3, -0.25) is 9.78 Å². The van der Waals surface area contributed by atoms with Crippen molar-refractivity contribution in [2.24, 2.45) is 0 Å². The second-order valence-electron chi connectivity index (χ2n) is 6.73. The van der Waals surface area contributed by atoms with Gasteiger partial charge in [0.2, 0.25) is 5.91 Å². The molecule has 0 radical (unpaired) electrons. The summed E-state index contributed by atoms with van der Waals surface area (Å²) in [5, 5.41) is 4.04. The van der Waals surface area contributed by atoms with Crippen LogP contribution in [0.1, 0.15) is 17.0 Å². The van der Waals surface area contributed by atoms with Crippen LogP contribution in [0, 0.1) is 0 Å². The molecule has 0 spiro atoms. The lowest BCUT2D eigenvalue weighted by Gasteiger charge is -2.18. The highest BCUT2D eigenvalue weighted by atomic mass is 16.5. The molecule has 0 aliphatic heterocycles. The summed E-state index contributed by atoms with van der Waals surface area (Å²) in [4.78, 5) is 17.4. The first-order chi connectivity index (χ1) is 14.3. The van der Waals surface area contributed by atoms with E-state index in [9.17, 15) is 4.79 Å². The van der Waals surface area contributed by atoms with Gasteiger partial charge in [0.25, 0.3) is 0 Å². The van der Waals surface area contributed by atoms with Gasteiger partial charge in [-0.1, -0.05) is 78.9 Å². The zero-order valence-electron chi connectivity index (χ0n) is 16.0. The Balaban J connectivity index is 1.42. The fourth-order valence-electron chi connectivity index (χ4n) is 3.42. The number of amides is 1. The quantitative estimate of drug-likeness (QED) is 0.477. The number of hydrogen-bond donors (Lipinski definition) is 1. The van der Waals surface area contributed by atoms with Crippen molar-refractivity contribution in [1.82, 2.24) is 10.3 Å². The van der Waals surface area contributed by atoms with E-state index >= 15 is 0 Å². The summed E-state index contributed by atoms with van der Waals surface area (Å²) in [6.07, 6.45) is 1.75. The number of nitrogens with zero attached hydrogens (tertiary/aromatic N) is 1. The molecule has 0 atom stereocenters. The minimum absolute atomic E-state index is 0.0398. The monoisotopic (exact) mass is 382 g/mol. The predicted molar refractivity (Wildman–Crippen MR) is 115 cm³/mol. The average molecular weight is 382 g/mol. The SMILES string of the molecule is O=C(NCCOc1cccc2cccnc12)C(c1ccccc1)c1ccccc1. The number of hydrogen-bond acceptors (Lipinski definition) is 3. The first-order valence-corrected chi connectivity index (χ1v) is 9.67. The summed E-state index contributed by atoms with van der Waals surface area (Å²) < 4.78 is 5.88. The number of benzene rings is 3. The Labute approximate surface area is 170 Å². The molecule has 1 heterocycles. The Hall–Kier alpha value is -3.66. The maximum Gasteiger partial charge on any atom is 0.232 e. The molecule has 4 rings (SSSR count). The number of carbonyl (C=O) groups excluding carboxylic acids is 1. The van der Waals surface area contributed by atoms with E-state index in [4.69, 9.17) is 4.74 Å². The Morgan fingerprint density at radius 3 is 2.17 bits per heavy atom. The van der Waals surface area contributed by atoms with Gasteiger partial charge >= 0.3 is 0 Å². The Morgan fingerprint density at radius 2 is 1.48 bits per heavy atom. The van der Waals surface area contributed by atoms with Crippen molar-refractivity contribution in [2.75, 3.05) is 13.2 Å². The van der Waals surface area contributed by atoms with Crippen molar-refractivity contribution in [1.29, 1.82) is 0 Å². The van der Waals surface area contributed by atoms with Gasteiger partial charge in [-0.15, -0.1) is 0 Å². The van der Waals surface area contributed by atoms with Crippen molar-refractivity contribution in [3.8, 4) is 5.75 Å². The van der Waals surface area contributed by atoms with Crippen LogP contribution in [0.5, 0.6) is 5.75 Å². The van der Waals surface area contributed by atoms with Crippen LogP contribution in [0.2, 0.25) is 0 Å². The third kappa shape index (κ3) is 4.43. The lowest BCUT2D eigenvalue weighted by molar-refractivity contribution is -0.121. The largest absolute Gasteiger partial charge is 0.489 e. The van der Waals surface area contributed by atoms with E-state index in [0.29, 0.717) is 13.2 Å². The molecule has 0 saturated carbocycles. The number of fused-ring (bicyclic) bond motifs is 1. The van der Waals surface area contributed by atoms with Crippen LogP contribution in [-0.4, -0.2) is 24.0 Å². The molecule has 0 bridgehead atoms. The zero-order chi connectivity index (χ0) is 19.9. The van der Waals surface area contributed by atoms with Crippen molar-refractivity contribution in [3.05, 3.63) is 108 Å². The topological polar surface area (TPSA) is 51.2 Å². The van der Waals surface area contributed by atoms with E-state index in [1.54, 1.807) is 6.20 Å². The normalized spacial score (nSPS) is 10.8. The fourth-order valence-corrected chi connectivity index (χ4v) is 3.42. The maximum absolute atomic E-state index is 13.0. The molecule has 0 unspecified atom stereocenters. The third-order valence-electron chi connectivity index (χ3n) is 4.78. The van der Waals surface area contributed by atoms with E-state index in [1.165, 1.54) is 0 Å². The number of pyridine rings is 1. The lowest BCUT2D eigenvalue weighted by atomic mass is 9.90. The van der Waals surface area contributed by atoms with Crippen LogP contribution < -0.4 is 10.1 Å². The molecule has 1 amide bonds. The molecule has 4 heteroatoms. The molecule has 144 valence electrons. The number of carbonyl (C=O) groups is 1. The van der Waals surface area contributed by atoms with Gasteiger partial charge in [0.05, 0.1) is 12.5 Å². The standard InChI is InChI=1S/C25H22N2O2/c28-25(23(19-9-3-1-4-10-19)20-11-5-2-6-12-20)27-17-18-29-22-15-7-13-21-14-8-16-26-24(21)22/h1-16,23H,17-18H2,(H,27,28). The van der Waals surface area contributed by atoms with Crippen molar-refractivity contribution >= 4 is 16.8 Å². The van der Waals surface area contributed by atoms with Crippen LogP contribution in [0.4, 0.5) is 0 Å². The van der Waals surface area contributed by atoms with E-state index in [0.717, 1.165) is 27.8 Å². The summed E-state index contributed by atoms with van der Waals surface area (Å²) in [5.41, 5.74) is 2.76. The highest BCUT2D eigenvalue weighted by Gasteiger charge is 2.22. The number of nitrogens with one attached hydrogen (secondary N) is 1. The first-order valence-electron chi connectivity index (χ1n) is 9.67. The molecule has 0 saturated heterocycles. The fraction of sp³-hybridized carbons (Fsp3) is 0.120. The summed E-state index contributed by atoms with van der Waals surface area (Å²) >= 11 is 0. The van der Waals surface area contributed by atoms with E-state index < -0.39 is 0 Å². The second-order valence-corrected chi connectivity index (χ2v) is 6.73. The molecular weight excluding hydrogens is 360 g/mol. The van der Waals surface area contributed by atoms with Gasteiger partial charge in [0.15, 0.2) is 0 Å². The van der Waals surface area contributed by atoms with Gasteiger partial charge in [-0.2, -0.15) is 0 Å². The molecule has 1 aromatic heterocycles. The summed E-state index contributed by atoms with van der Waals surface area (Å²) in [7, 11) is 0. The van der Waals surface area contributed by atoms with E-state index in [1.807, 2.05) is 91.0 Å². The van der Waals surface area contributed by atoms with Gasteiger partial charge in [-0.25, -0.2) is 0 Å². The Kier molecular flexibility index (Phi) is 5.81. The van der Waals surface area contributed by atoms with Crippen LogP contribution in [-0.2, 0) is 4.79 Å². The molecule has 4 aromatic rings. The van der Waals surface area contributed by atoms with Crippen LogP contribution in [0.15, 0.2) is 97.2 Å². The van der Waals surface area contributed by atoms with E-state index in [2.05, 4.69) is 10.3 Å². The van der Waals surface area contributed by atoms with Crippen LogP contribution in [0.3, 0.4) is 0 Å². The summed E-state index contributed by atoms with van der Waals surface area (Å²) in [6.45, 7) is 0.788. The third-order valence-corrected chi connectivity index (χ3v) is 4.78. The average Bonchev–Trinajstić information content (AvgIpc) is 2.78. The lowest BCUT2D eigenvalue weighted by Crippen LogP contribution is -2.33. The van der Waals surface area contributed by atoms with Crippen molar-refractivity contribution < 1.29 is 9.53 Å². The highest BCUT2D eigenvalue weighted by Crippen LogP contribution is 2.25.